The summed E-state index contributed by atoms with van der Waals surface area (Å²) in [5, 5.41) is 8.49. The van der Waals surface area contributed by atoms with E-state index in [1.807, 2.05) is 6.08 Å². The average Bonchev–Trinajstić information content (AvgIpc) is 1.97. The third kappa shape index (κ3) is 6.27. The van der Waals surface area contributed by atoms with Gasteiger partial charge in [0, 0.05) is 0 Å². The molecule has 0 radical (unpaired) electrons. The van der Waals surface area contributed by atoms with Crippen LogP contribution in [0.3, 0.4) is 0 Å². The van der Waals surface area contributed by atoms with Crippen molar-refractivity contribution in [3.05, 3.63) is 22.4 Å². The summed E-state index contributed by atoms with van der Waals surface area (Å²) in [4.78, 5) is 0. The first-order valence-electron chi connectivity index (χ1n) is 3.59. The Kier molecular flexibility index (Phi) is 6.48. The van der Waals surface area contributed by atoms with Gasteiger partial charge in [0.1, 0.15) is 0 Å². The molecular weight excluding hydrogens is 183 g/mol. The Morgan fingerprint density at radius 1 is 1.45 bits per heavy atom. The molecule has 0 aliphatic rings. The van der Waals surface area contributed by atoms with Crippen LogP contribution in [0, 0.1) is 0 Å². The molecule has 0 unspecified atom stereocenters. The van der Waals surface area contributed by atoms with E-state index in [0.717, 1.165) is 19.3 Å². The van der Waals surface area contributed by atoms with E-state index in [4.69, 9.17) is 28.3 Å². The van der Waals surface area contributed by atoms with Gasteiger partial charge in [-0.1, -0.05) is 37.4 Å². The van der Waals surface area contributed by atoms with Crippen LogP contribution >= 0.6 is 23.2 Å². The maximum Gasteiger partial charge on any atom is 0.203 e. The largest absolute Gasteiger partial charge is 0.497 e. The van der Waals surface area contributed by atoms with E-state index in [0.29, 0.717) is 0 Å². The summed E-state index contributed by atoms with van der Waals surface area (Å²) in [7, 11) is 0. The zero-order chi connectivity index (χ0) is 8.69. The van der Waals surface area contributed by atoms with Gasteiger partial charge in [0.2, 0.25) is 5.22 Å². The SMILES string of the molecule is CCCCC=CC(Cl)=C(O)Cl. The molecule has 0 aromatic carbocycles. The van der Waals surface area contributed by atoms with Gasteiger partial charge in [-0.15, -0.1) is 0 Å². The fraction of sp³-hybridized carbons (Fsp3) is 0.500. The predicted molar refractivity (Wildman–Crippen MR) is 50.0 cm³/mol. The van der Waals surface area contributed by atoms with Crippen LogP contribution in [0.5, 0.6) is 0 Å². The standard InChI is InChI=1S/C8H12Cl2O/c1-2-3-4-5-6-7(9)8(10)11/h5-6,11H,2-4H2,1H3. The van der Waals surface area contributed by atoms with Gasteiger partial charge in [0.05, 0.1) is 5.03 Å². The molecular formula is C8H12Cl2O. The van der Waals surface area contributed by atoms with Crippen LogP contribution in [0.1, 0.15) is 26.2 Å². The first-order valence-corrected chi connectivity index (χ1v) is 4.34. The molecule has 0 atom stereocenters. The molecule has 0 amide bonds. The van der Waals surface area contributed by atoms with Gasteiger partial charge >= 0.3 is 0 Å². The lowest BCUT2D eigenvalue weighted by Crippen LogP contribution is -1.71. The van der Waals surface area contributed by atoms with E-state index in [1.165, 1.54) is 0 Å². The van der Waals surface area contributed by atoms with Gasteiger partial charge in [-0.2, -0.15) is 0 Å². The van der Waals surface area contributed by atoms with Crippen molar-refractivity contribution >= 4 is 23.2 Å². The normalized spacial score (nSPS) is 13.7. The Hall–Kier alpha value is -0.140. The molecule has 0 saturated carbocycles. The van der Waals surface area contributed by atoms with Gasteiger partial charge in [0.25, 0.3) is 0 Å². The second-order valence-electron chi connectivity index (χ2n) is 2.18. The van der Waals surface area contributed by atoms with Gasteiger partial charge in [0.15, 0.2) is 0 Å². The quantitative estimate of drug-likeness (QED) is 0.409. The van der Waals surface area contributed by atoms with Crippen molar-refractivity contribution in [1.82, 2.24) is 0 Å². The molecule has 0 fully saturated rings. The number of hydrogen-bond donors (Lipinski definition) is 1. The molecule has 1 nitrogen and oxygen atoms in total. The lowest BCUT2D eigenvalue weighted by atomic mass is 10.2. The average molecular weight is 195 g/mol. The van der Waals surface area contributed by atoms with Crippen molar-refractivity contribution in [2.24, 2.45) is 0 Å². The minimum atomic E-state index is -0.348. The van der Waals surface area contributed by atoms with Crippen LogP contribution in [0.25, 0.3) is 0 Å². The first-order chi connectivity index (χ1) is 5.18. The zero-order valence-corrected chi connectivity index (χ0v) is 7.99. The Balaban J connectivity index is 3.66. The smallest absolute Gasteiger partial charge is 0.203 e. The summed E-state index contributed by atoms with van der Waals surface area (Å²) in [5.74, 6) is 0. The van der Waals surface area contributed by atoms with Crippen LogP contribution in [0.15, 0.2) is 22.4 Å². The molecule has 11 heavy (non-hydrogen) atoms. The van der Waals surface area contributed by atoms with Crippen LogP contribution in [-0.4, -0.2) is 5.11 Å². The third-order valence-electron chi connectivity index (χ3n) is 1.19. The molecule has 0 rings (SSSR count). The van der Waals surface area contributed by atoms with Crippen LogP contribution < -0.4 is 0 Å². The third-order valence-corrected chi connectivity index (χ3v) is 1.79. The zero-order valence-electron chi connectivity index (χ0n) is 6.48. The molecule has 3 heteroatoms. The Morgan fingerprint density at radius 3 is 2.55 bits per heavy atom. The van der Waals surface area contributed by atoms with Crippen molar-refractivity contribution in [2.45, 2.75) is 26.2 Å². The lowest BCUT2D eigenvalue weighted by molar-refractivity contribution is 0.451. The second kappa shape index (κ2) is 6.56. The Labute approximate surface area is 77.3 Å². The van der Waals surface area contributed by atoms with Gasteiger partial charge in [-0.3, -0.25) is 0 Å². The van der Waals surface area contributed by atoms with Gasteiger partial charge in [-0.05, 0) is 24.1 Å². The molecule has 1 N–H and O–H groups in total. The second-order valence-corrected chi connectivity index (χ2v) is 2.95. The molecule has 0 aromatic heterocycles. The highest BCUT2D eigenvalue weighted by Crippen LogP contribution is 2.12. The van der Waals surface area contributed by atoms with E-state index in [2.05, 4.69) is 6.92 Å². The summed E-state index contributed by atoms with van der Waals surface area (Å²) in [6.45, 7) is 2.12. The first kappa shape index (κ1) is 10.9. The minimum absolute atomic E-state index is 0.197. The van der Waals surface area contributed by atoms with E-state index in [9.17, 15) is 0 Å². The summed E-state index contributed by atoms with van der Waals surface area (Å²) in [6, 6.07) is 0. The fourth-order valence-corrected chi connectivity index (χ4v) is 0.730. The van der Waals surface area contributed by atoms with E-state index in [1.54, 1.807) is 6.08 Å². The highest BCUT2D eigenvalue weighted by Gasteiger charge is 1.91. The topological polar surface area (TPSA) is 20.2 Å². The maximum absolute atomic E-state index is 8.64. The summed E-state index contributed by atoms with van der Waals surface area (Å²) >= 11 is 10.7. The highest BCUT2D eigenvalue weighted by atomic mass is 35.5. The molecule has 0 heterocycles. The van der Waals surface area contributed by atoms with Crippen molar-refractivity contribution in [3.63, 3.8) is 0 Å². The molecule has 0 bridgehead atoms. The number of aliphatic hydroxyl groups is 1. The molecule has 64 valence electrons. The molecule has 0 aliphatic carbocycles. The summed E-state index contributed by atoms with van der Waals surface area (Å²) in [5.41, 5.74) is 0. The number of rotatable bonds is 4. The van der Waals surface area contributed by atoms with Gasteiger partial charge in [-0.25, -0.2) is 0 Å². The minimum Gasteiger partial charge on any atom is -0.497 e. The molecule has 0 aliphatic heterocycles. The van der Waals surface area contributed by atoms with Crippen molar-refractivity contribution < 1.29 is 5.11 Å². The molecule has 0 aromatic rings. The molecule has 0 spiro atoms. The predicted octanol–water partition coefficient (Wildman–Crippen LogP) is 3.94. The highest BCUT2D eigenvalue weighted by molar-refractivity contribution is 6.39. The number of halogens is 2. The van der Waals surface area contributed by atoms with Crippen molar-refractivity contribution in [3.8, 4) is 0 Å². The monoisotopic (exact) mass is 194 g/mol. The van der Waals surface area contributed by atoms with E-state index in [-0.39, 0.29) is 10.3 Å². The fourth-order valence-electron chi connectivity index (χ4n) is 0.578. The number of unbranched alkanes of at least 4 members (excludes halogenated alkanes) is 2. The number of hydrogen-bond acceptors (Lipinski definition) is 1. The summed E-state index contributed by atoms with van der Waals surface area (Å²) < 4.78 is 0. The van der Waals surface area contributed by atoms with Crippen LogP contribution in [-0.2, 0) is 0 Å². The van der Waals surface area contributed by atoms with Crippen LogP contribution in [0.4, 0.5) is 0 Å². The Morgan fingerprint density at radius 2 is 2.09 bits per heavy atom. The number of allylic oxidation sites excluding steroid dienone is 3. The lowest BCUT2D eigenvalue weighted by Gasteiger charge is -1.90. The molecule has 0 saturated heterocycles. The van der Waals surface area contributed by atoms with E-state index < -0.39 is 0 Å². The maximum atomic E-state index is 8.64. The van der Waals surface area contributed by atoms with Crippen molar-refractivity contribution in [2.75, 3.05) is 0 Å². The number of aliphatic hydroxyl groups excluding tert-OH is 1. The Bertz CT molecular complexity index is 157. The van der Waals surface area contributed by atoms with Gasteiger partial charge < -0.3 is 5.11 Å². The van der Waals surface area contributed by atoms with Crippen LogP contribution in [0.2, 0.25) is 0 Å². The summed E-state index contributed by atoms with van der Waals surface area (Å²) in [6.07, 6.45) is 6.75. The van der Waals surface area contributed by atoms with E-state index >= 15 is 0 Å². The van der Waals surface area contributed by atoms with Crippen molar-refractivity contribution in [1.29, 1.82) is 0 Å².